The van der Waals surface area contributed by atoms with E-state index < -0.39 is 18.0 Å². The number of benzene rings is 1. The number of anilines is 1. The molecule has 0 bridgehead atoms. The second-order valence-corrected chi connectivity index (χ2v) is 5.61. The first kappa shape index (κ1) is 16.8. The molecule has 0 aliphatic rings. The number of methoxy groups -OCH3 is 1. The van der Waals surface area contributed by atoms with Crippen LogP contribution in [0.15, 0.2) is 21.1 Å². The zero-order chi connectivity index (χ0) is 15.3. The van der Waals surface area contributed by atoms with Crippen molar-refractivity contribution in [3.8, 4) is 5.75 Å². The summed E-state index contributed by atoms with van der Waals surface area (Å²) in [6, 6.07) is 2.42. The van der Waals surface area contributed by atoms with Crippen LogP contribution in [0.4, 0.5) is 10.5 Å². The van der Waals surface area contributed by atoms with Gasteiger partial charge < -0.3 is 15.4 Å². The second kappa shape index (κ2) is 7.49. The molecule has 0 aliphatic heterocycles. The molecule has 0 heterocycles. The number of nitrogens with one attached hydrogen (secondary N) is 3. The van der Waals surface area contributed by atoms with Gasteiger partial charge in [-0.15, -0.1) is 0 Å². The van der Waals surface area contributed by atoms with Crippen molar-refractivity contribution in [3.63, 3.8) is 0 Å². The molecule has 6 nitrogen and oxygen atoms in total. The minimum Gasteiger partial charge on any atom is -0.495 e. The van der Waals surface area contributed by atoms with Gasteiger partial charge in [0.2, 0.25) is 5.91 Å². The first-order valence-electron chi connectivity index (χ1n) is 5.71. The predicted molar refractivity (Wildman–Crippen MR) is 84.1 cm³/mol. The molecule has 1 rings (SSSR count). The van der Waals surface area contributed by atoms with Crippen LogP contribution >= 0.6 is 31.9 Å². The Morgan fingerprint density at radius 2 is 1.90 bits per heavy atom. The van der Waals surface area contributed by atoms with Crippen molar-refractivity contribution < 1.29 is 14.3 Å². The summed E-state index contributed by atoms with van der Waals surface area (Å²) in [6.45, 7) is 1.65. The van der Waals surface area contributed by atoms with E-state index in [1.807, 2.05) is 6.07 Å². The average molecular weight is 409 g/mol. The van der Waals surface area contributed by atoms with Gasteiger partial charge in [-0.05, 0) is 44.8 Å². The quantitative estimate of drug-likeness (QED) is 0.714. The molecule has 0 spiro atoms. The lowest BCUT2D eigenvalue weighted by Gasteiger charge is -2.17. The van der Waals surface area contributed by atoms with Gasteiger partial charge in [0.1, 0.15) is 11.8 Å². The minimum atomic E-state index is -0.588. The van der Waals surface area contributed by atoms with E-state index in [9.17, 15) is 9.59 Å². The van der Waals surface area contributed by atoms with Crippen LogP contribution in [0.3, 0.4) is 0 Å². The van der Waals surface area contributed by atoms with E-state index in [0.29, 0.717) is 11.4 Å². The number of rotatable bonds is 4. The number of urea groups is 1. The van der Waals surface area contributed by atoms with Crippen LogP contribution in [-0.4, -0.2) is 32.1 Å². The summed E-state index contributed by atoms with van der Waals surface area (Å²) in [5, 5.41) is 7.52. The van der Waals surface area contributed by atoms with E-state index in [0.717, 1.165) is 8.95 Å². The largest absolute Gasteiger partial charge is 0.495 e. The van der Waals surface area contributed by atoms with Crippen LogP contribution in [0.25, 0.3) is 0 Å². The number of imide groups is 1. The lowest BCUT2D eigenvalue weighted by molar-refractivity contribution is -0.120. The third-order valence-electron chi connectivity index (χ3n) is 2.47. The van der Waals surface area contributed by atoms with Crippen molar-refractivity contribution >= 4 is 49.5 Å². The maximum atomic E-state index is 11.8. The predicted octanol–water partition coefficient (Wildman–Crippen LogP) is 2.48. The molecular weight excluding hydrogens is 394 g/mol. The molecule has 0 saturated carbocycles. The summed E-state index contributed by atoms with van der Waals surface area (Å²) in [5.74, 6) is 0.202. The van der Waals surface area contributed by atoms with Gasteiger partial charge in [0, 0.05) is 17.6 Å². The first-order chi connectivity index (χ1) is 9.38. The lowest BCUT2D eigenvalue weighted by atomic mass is 10.2. The van der Waals surface area contributed by atoms with Crippen molar-refractivity contribution in [2.75, 3.05) is 19.5 Å². The van der Waals surface area contributed by atoms with Crippen molar-refractivity contribution in [1.29, 1.82) is 0 Å². The third-order valence-corrected chi connectivity index (χ3v) is 3.75. The molecule has 0 aliphatic carbocycles. The highest BCUT2D eigenvalue weighted by Gasteiger charge is 2.17. The highest BCUT2D eigenvalue weighted by atomic mass is 79.9. The van der Waals surface area contributed by atoms with Crippen LogP contribution in [-0.2, 0) is 4.79 Å². The Hall–Kier alpha value is -1.28. The van der Waals surface area contributed by atoms with Crippen molar-refractivity contribution in [2.24, 2.45) is 0 Å². The Morgan fingerprint density at radius 3 is 2.45 bits per heavy atom. The van der Waals surface area contributed by atoms with Crippen LogP contribution in [0, 0.1) is 0 Å². The number of halogens is 2. The summed E-state index contributed by atoms with van der Waals surface area (Å²) in [5.41, 5.74) is 0.685. The van der Waals surface area contributed by atoms with Gasteiger partial charge in [-0.1, -0.05) is 0 Å². The Morgan fingerprint density at radius 1 is 1.25 bits per heavy atom. The van der Waals surface area contributed by atoms with Crippen LogP contribution < -0.4 is 20.7 Å². The molecule has 1 aromatic carbocycles. The monoisotopic (exact) mass is 407 g/mol. The molecule has 0 radical (unpaired) electrons. The maximum Gasteiger partial charge on any atom is 0.321 e. The summed E-state index contributed by atoms with van der Waals surface area (Å²) >= 11 is 6.76. The second-order valence-electron chi connectivity index (χ2n) is 3.90. The van der Waals surface area contributed by atoms with E-state index in [-0.39, 0.29) is 0 Å². The number of hydrogen-bond donors (Lipinski definition) is 3. The fourth-order valence-corrected chi connectivity index (χ4v) is 2.65. The van der Waals surface area contributed by atoms with E-state index in [2.05, 4.69) is 47.8 Å². The summed E-state index contributed by atoms with van der Waals surface area (Å²) in [7, 11) is 3.00. The summed E-state index contributed by atoms with van der Waals surface area (Å²) in [6.07, 6.45) is 0. The van der Waals surface area contributed by atoms with Gasteiger partial charge in [-0.2, -0.15) is 0 Å². The Balaban J connectivity index is 2.82. The summed E-state index contributed by atoms with van der Waals surface area (Å²) < 4.78 is 6.75. The van der Waals surface area contributed by atoms with E-state index in [1.54, 1.807) is 20.1 Å². The van der Waals surface area contributed by atoms with Gasteiger partial charge in [-0.25, -0.2) is 4.79 Å². The molecule has 0 fully saturated rings. The molecule has 8 heteroatoms. The van der Waals surface area contributed by atoms with E-state index in [1.165, 1.54) is 7.05 Å². The van der Waals surface area contributed by atoms with Crippen LogP contribution in [0.2, 0.25) is 0 Å². The molecular formula is C12H15Br2N3O3. The zero-order valence-electron chi connectivity index (χ0n) is 11.2. The fraction of sp³-hybridized carbons (Fsp3) is 0.333. The molecule has 1 atom stereocenters. The number of carbonyl (C=O) groups is 2. The average Bonchev–Trinajstić information content (AvgIpc) is 2.41. The van der Waals surface area contributed by atoms with Crippen molar-refractivity contribution in [1.82, 2.24) is 10.6 Å². The SMILES string of the molecule is CNC(=O)NC(=O)C(C)Nc1cc(OC)c(Br)cc1Br. The van der Waals surface area contributed by atoms with Gasteiger partial charge in [0.25, 0.3) is 0 Å². The topological polar surface area (TPSA) is 79.5 Å². The summed E-state index contributed by atoms with van der Waals surface area (Å²) in [4.78, 5) is 22.8. The standard InChI is InChI=1S/C12H15Br2N3O3/c1-6(11(18)17-12(19)15-2)16-9-5-10(20-3)8(14)4-7(9)13/h4-6,16H,1-3H3,(H2,15,17,18,19). The molecule has 1 aromatic rings. The molecule has 0 saturated heterocycles. The third kappa shape index (κ3) is 4.38. The number of hydrogen-bond acceptors (Lipinski definition) is 4. The van der Waals surface area contributed by atoms with Crippen LogP contribution in [0.1, 0.15) is 6.92 Å². The highest BCUT2D eigenvalue weighted by molar-refractivity contribution is 9.11. The van der Waals surface area contributed by atoms with Crippen molar-refractivity contribution in [3.05, 3.63) is 21.1 Å². The van der Waals surface area contributed by atoms with Gasteiger partial charge >= 0.3 is 6.03 Å². The van der Waals surface area contributed by atoms with Crippen molar-refractivity contribution in [2.45, 2.75) is 13.0 Å². The van der Waals surface area contributed by atoms with Gasteiger partial charge in [0.15, 0.2) is 0 Å². The molecule has 0 aromatic heterocycles. The molecule has 1 unspecified atom stereocenters. The Labute approximate surface area is 133 Å². The number of ether oxygens (including phenoxy) is 1. The van der Waals surface area contributed by atoms with E-state index >= 15 is 0 Å². The first-order valence-corrected chi connectivity index (χ1v) is 7.29. The van der Waals surface area contributed by atoms with Gasteiger partial charge in [0.05, 0.1) is 17.3 Å². The lowest BCUT2D eigenvalue weighted by Crippen LogP contribution is -2.44. The van der Waals surface area contributed by atoms with Gasteiger partial charge in [-0.3, -0.25) is 10.1 Å². The minimum absolute atomic E-state index is 0.432. The molecule has 3 N–H and O–H groups in total. The van der Waals surface area contributed by atoms with E-state index in [4.69, 9.17) is 4.74 Å². The smallest absolute Gasteiger partial charge is 0.321 e. The number of amides is 3. The molecule has 110 valence electrons. The highest BCUT2D eigenvalue weighted by Crippen LogP contribution is 2.34. The Bertz CT molecular complexity index is 523. The van der Waals surface area contributed by atoms with Crippen LogP contribution in [0.5, 0.6) is 5.75 Å². The maximum absolute atomic E-state index is 11.8. The molecule has 3 amide bonds. The fourth-order valence-electron chi connectivity index (χ4n) is 1.38. The zero-order valence-corrected chi connectivity index (χ0v) is 14.4. The number of carbonyl (C=O) groups excluding carboxylic acids is 2. The normalized spacial score (nSPS) is 11.4. The Kier molecular flexibility index (Phi) is 6.28. The molecule has 20 heavy (non-hydrogen) atoms.